The Kier molecular flexibility index (Phi) is 5.69. The van der Waals surface area contributed by atoms with Gasteiger partial charge in [0.2, 0.25) is 0 Å². The first-order chi connectivity index (χ1) is 8.61. The minimum atomic E-state index is -0.924. The maximum atomic E-state index is 11.2. The predicted molar refractivity (Wildman–Crippen MR) is 72.5 cm³/mol. The van der Waals surface area contributed by atoms with Crippen LogP contribution in [-0.2, 0) is 0 Å². The first-order valence-corrected chi connectivity index (χ1v) is 6.60. The van der Waals surface area contributed by atoms with Crippen molar-refractivity contribution in [2.24, 2.45) is 0 Å². The number of benzene rings is 1. The van der Waals surface area contributed by atoms with Gasteiger partial charge in [0.15, 0.2) is 0 Å². The lowest BCUT2D eigenvalue weighted by Gasteiger charge is -2.17. The molecule has 1 atom stereocenters. The third-order valence-electron chi connectivity index (χ3n) is 3.16. The molecule has 3 heteroatoms. The largest absolute Gasteiger partial charge is 0.492 e. The van der Waals surface area contributed by atoms with E-state index in [2.05, 4.69) is 20.8 Å². The molecular formula is C15H22O3. The van der Waals surface area contributed by atoms with E-state index in [0.717, 1.165) is 24.8 Å². The van der Waals surface area contributed by atoms with Crippen molar-refractivity contribution in [2.45, 2.75) is 46.0 Å². The number of carbonyl (C=O) groups is 1. The monoisotopic (exact) mass is 250 g/mol. The number of hydrogen-bond donors (Lipinski definition) is 1. The molecule has 0 fully saturated rings. The molecule has 0 radical (unpaired) electrons. The Morgan fingerprint density at radius 2 is 2.11 bits per heavy atom. The van der Waals surface area contributed by atoms with Gasteiger partial charge in [-0.05, 0) is 30.4 Å². The summed E-state index contributed by atoms with van der Waals surface area (Å²) in [6.45, 7) is 6.84. The minimum Gasteiger partial charge on any atom is -0.492 e. The molecule has 1 aromatic carbocycles. The zero-order chi connectivity index (χ0) is 13.5. The molecule has 0 aliphatic carbocycles. The van der Waals surface area contributed by atoms with Crippen molar-refractivity contribution in [3.8, 4) is 5.75 Å². The normalized spacial score (nSPS) is 12.2. The van der Waals surface area contributed by atoms with Crippen molar-refractivity contribution in [1.29, 1.82) is 0 Å². The number of carboxylic acid groups (broad SMARTS) is 1. The summed E-state index contributed by atoms with van der Waals surface area (Å²) in [6, 6.07) is 5.36. The Balaban J connectivity index is 3.08. The van der Waals surface area contributed by atoms with Crippen LogP contribution in [-0.4, -0.2) is 17.7 Å². The number of ether oxygens (including phenoxy) is 1. The van der Waals surface area contributed by atoms with Gasteiger partial charge >= 0.3 is 5.97 Å². The maximum absolute atomic E-state index is 11.2. The van der Waals surface area contributed by atoms with E-state index in [4.69, 9.17) is 4.74 Å². The van der Waals surface area contributed by atoms with Gasteiger partial charge < -0.3 is 9.84 Å². The molecule has 0 saturated heterocycles. The number of unbranched alkanes of at least 4 members (excludes halogenated alkanes) is 1. The van der Waals surface area contributed by atoms with Crippen molar-refractivity contribution >= 4 is 5.97 Å². The van der Waals surface area contributed by atoms with Gasteiger partial charge in [0, 0.05) is 0 Å². The van der Waals surface area contributed by atoms with Crippen LogP contribution in [0.25, 0.3) is 0 Å². The van der Waals surface area contributed by atoms with E-state index in [0.29, 0.717) is 18.3 Å². The molecule has 0 bridgehead atoms. The summed E-state index contributed by atoms with van der Waals surface area (Å²) < 4.78 is 5.71. The van der Waals surface area contributed by atoms with Crippen molar-refractivity contribution in [3.05, 3.63) is 29.3 Å². The van der Waals surface area contributed by atoms with Gasteiger partial charge in [-0.2, -0.15) is 0 Å². The number of hydrogen-bond acceptors (Lipinski definition) is 2. The number of carboxylic acids is 1. The molecule has 100 valence electrons. The van der Waals surface area contributed by atoms with Crippen LogP contribution in [0, 0.1) is 0 Å². The zero-order valence-electron chi connectivity index (χ0n) is 11.4. The summed E-state index contributed by atoms with van der Waals surface area (Å²) in [7, 11) is 0. The van der Waals surface area contributed by atoms with E-state index in [9.17, 15) is 9.90 Å². The Hall–Kier alpha value is -1.51. The van der Waals surface area contributed by atoms with Crippen LogP contribution in [0.15, 0.2) is 18.2 Å². The van der Waals surface area contributed by atoms with E-state index in [-0.39, 0.29) is 5.56 Å². The lowest BCUT2D eigenvalue weighted by Crippen LogP contribution is -2.08. The van der Waals surface area contributed by atoms with Crippen LogP contribution in [0.4, 0.5) is 0 Å². The molecule has 0 aromatic heterocycles. The van der Waals surface area contributed by atoms with Crippen molar-refractivity contribution in [1.82, 2.24) is 0 Å². The molecule has 1 rings (SSSR count). The third-order valence-corrected chi connectivity index (χ3v) is 3.16. The fourth-order valence-electron chi connectivity index (χ4n) is 1.81. The van der Waals surface area contributed by atoms with Crippen LogP contribution in [0.1, 0.15) is 61.9 Å². The highest BCUT2D eigenvalue weighted by Gasteiger charge is 2.18. The molecule has 0 aliphatic rings. The Morgan fingerprint density at radius 3 is 2.67 bits per heavy atom. The number of para-hydroxylation sites is 1. The van der Waals surface area contributed by atoms with E-state index in [1.165, 1.54) is 0 Å². The lowest BCUT2D eigenvalue weighted by molar-refractivity contribution is 0.0692. The van der Waals surface area contributed by atoms with Crippen LogP contribution in [0.2, 0.25) is 0 Å². The highest BCUT2D eigenvalue weighted by atomic mass is 16.5. The second kappa shape index (κ2) is 7.04. The van der Waals surface area contributed by atoms with Crippen LogP contribution >= 0.6 is 0 Å². The lowest BCUT2D eigenvalue weighted by atomic mass is 9.95. The first kappa shape index (κ1) is 14.6. The average molecular weight is 250 g/mol. The molecule has 1 N–H and O–H groups in total. The molecule has 0 saturated carbocycles. The van der Waals surface area contributed by atoms with Gasteiger partial charge in [-0.25, -0.2) is 4.79 Å². The predicted octanol–water partition coefficient (Wildman–Crippen LogP) is 4.08. The molecule has 0 aliphatic heterocycles. The first-order valence-electron chi connectivity index (χ1n) is 6.60. The van der Waals surface area contributed by atoms with E-state index in [1.807, 2.05) is 6.07 Å². The molecular weight excluding hydrogens is 228 g/mol. The van der Waals surface area contributed by atoms with Gasteiger partial charge in [-0.3, -0.25) is 0 Å². The summed E-state index contributed by atoms with van der Waals surface area (Å²) >= 11 is 0. The molecule has 0 spiro atoms. The quantitative estimate of drug-likeness (QED) is 0.742. The summed E-state index contributed by atoms with van der Waals surface area (Å²) in [6.07, 6.45) is 2.94. The molecule has 0 amide bonds. The second-order valence-corrected chi connectivity index (χ2v) is 4.54. The Labute approximate surface area is 109 Å². The summed E-state index contributed by atoms with van der Waals surface area (Å²) in [5, 5.41) is 9.22. The number of aromatic carboxylic acids is 1. The third kappa shape index (κ3) is 3.49. The molecule has 0 heterocycles. The van der Waals surface area contributed by atoms with Gasteiger partial charge in [-0.15, -0.1) is 0 Å². The van der Waals surface area contributed by atoms with Crippen LogP contribution < -0.4 is 4.74 Å². The Morgan fingerprint density at radius 1 is 1.39 bits per heavy atom. The van der Waals surface area contributed by atoms with E-state index < -0.39 is 5.97 Å². The number of rotatable bonds is 7. The topological polar surface area (TPSA) is 46.5 Å². The smallest absolute Gasteiger partial charge is 0.339 e. The van der Waals surface area contributed by atoms with Crippen LogP contribution in [0.5, 0.6) is 5.75 Å². The molecule has 18 heavy (non-hydrogen) atoms. The van der Waals surface area contributed by atoms with Crippen molar-refractivity contribution in [3.63, 3.8) is 0 Å². The summed E-state index contributed by atoms with van der Waals surface area (Å²) in [5.74, 6) is -0.0691. The van der Waals surface area contributed by atoms with Gasteiger partial charge in [0.05, 0.1) is 6.61 Å². The van der Waals surface area contributed by atoms with E-state index in [1.54, 1.807) is 12.1 Å². The van der Waals surface area contributed by atoms with E-state index >= 15 is 0 Å². The maximum Gasteiger partial charge on any atom is 0.339 e. The van der Waals surface area contributed by atoms with Gasteiger partial charge in [0.25, 0.3) is 0 Å². The second-order valence-electron chi connectivity index (χ2n) is 4.54. The molecule has 1 aromatic rings. The van der Waals surface area contributed by atoms with Crippen molar-refractivity contribution in [2.75, 3.05) is 6.61 Å². The standard InChI is InChI=1S/C15H22O3/c1-4-6-10-18-14-12(11(3)5-2)8-7-9-13(14)15(16)17/h7-9,11H,4-6,10H2,1-3H3,(H,16,17). The van der Waals surface area contributed by atoms with Crippen molar-refractivity contribution < 1.29 is 14.6 Å². The molecule has 3 nitrogen and oxygen atoms in total. The van der Waals surface area contributed by atoms with Gasteiger partial charge in [-0.1, -0.05) is 39.3 Å². The summed E-state index contributed by atoms with van der Waals surface area (Å²) in [4.78, 5) is 11.2. The fourth-order valence-corrected chi connectivity index (χ4v) is 1.81. The highest BCUT2D eigenvalue weighted by molar-refractivity contribution is 5.91. The zero-order valence-corrected chi connectivity index (χ0v) is 11.4. The highest BCUT2D eigenvalue weighted by Crippen LogP contribution is 2.32. The fraction of sp³-hybridized carbons (Fsp3) is 0.533. The SMILES string of the molecule is CCCCOc1c(C(=O)O)cccc1C(C)CC. The summed E-state index contributed by atoms with van der Waals surface area (Å²) in [5.41, 5.74) is 1.26. The van der Waals surface area contributed by atoms with Gasteiger partial charge in [0.1, 0.15) is 11.3 Å². The average Bonchev–Trinajstić information content (AvgIpc) is 2.38. The molecule has 1 unspecified atom stereocenters. The van der Waals surface area contributed by atoms with Crippen LogP contribution in [0.3, 0.4) is 0 Å². The minimum absolute atomic E-state index is 0.268. The Bertz CT molecular complexity index is 399.